The fourth-order valence-electron chi connectivity index (χ4n) is 4.47. The van der Waals surface area contributed by atoms with Gasteiger partial charge in [-0.05, 0) is 25.7 Å². The monoisotopic (exact) mass is 476 g/mol. The zero-order valence-electron chi connectivity index (χ0n) is 16.7. The number of fused-ring (bicyclic) bond motifs is 3. The molecule has 6 heterocycles. The quantitative estimate of drug-likeness (QED) is 0.466. The number of anilines is 1. The highest BCUT2D eigenvalue weighted by Gasteiger charge is 2.36. The van der Waals surface area contributed by atoms with Crippen LogP contribution in [0.2, 0.25) is 0 Å². The predicted octanol–water partition coefficient (Wildman–Crippen LogP) is 2.83. The van der Waals surface area contributed by atoms with Crippen LogP contribution in [0, 0.1) is 0 Å². The Kier molecular flexibility index (Phi) is 5.29. The van der Waals surface area contributed by atoms with E-state index in [1.807, 2.05) is 0 Å². The number of aromatic nitrogens is 6. The number of hydrogen-bond acceptors (Lipinski definition) is 9. The fourth-order valence-corrected chi connectivity index (χ4v) is 6.51. The van der Waals surface area contributed by atoms with Gasteiger partial charge in [-0.25, -0.2) is 19.5 Å². The molecule has 2 saturated heterocycles. The number of nitrogens with one attached hydrogen (secondary N) is 2. The van der Waals surface area contributed by atoms with Crippen LogP contribution in [0.1, 0.15) is 25.7 Å². The second kappa shape index (κ2) is 7.97. The van der Waals surface area contributed by atoms with Crippen LogP contribution in [-0.2, 0) is 0 Å². The molecule has 6 rings (SSSR count). The van der Waals surface area contributed by atoms with E-state index >= 15 is 0 Å². The van der Waals surface area contributed by atoms with E-state index in [2.05, 4.69) is 37.4 Å². The molecular weight excluding hydrogens is 456 g/mol. The largest absolute Gasteiger partial charge is 0.348 e. The van der Waals surface area contributed by atoms with Crippen molar-refractivity contribution in [3.8, 4) is 16.4 Å². The molecule has 2 fully saturated rings. The van der Waals surface area contributed by atoms with Gasteiger partial charge in [0, 0.05) is 43.0 Å². The van der Waals surface area contributed by atoms with Gasteiger partial charge in [-0.1, -0.05) is 22.7 Å². The summed E-state index contributed by atoms with van der Waals surface area (Å²) in [4.78, 5) is 30.5. The lowest BCUT2D eigenvalue weighted by atomic mass is 9.99. The summed E-state index contributed by atoms with van der Waals surface area (Å²) in [6.45, 7) is 0. The number of halogens is 1. The highest BCUT2D eigenvalue weighted by atomic mass is 35.5. The molecule has 3 atom stereocenters. The van der Waals surface area contributed by atoms with Gasteiger partial charge in [0.25, 0.3) is 5.56 Å². The molecule has 2 N–H and O–H groups in total. The second-order valence-corrected chi connectivity index (χ2v) is 9.86. The summed E-state index contributed by atoms with van der Waals surface area (Å²) < 4.78 is 1.47. The fraction of sp³-hybridized carbons (Fsp3) is 0.421. The van der Waals surface area contributed by atoms with E-state index in [1.165, 1.54) is 54.0 Å². The van der Waals surface area contributed by atoms with Crippen molar-refractivity contribution in [2.24, 2.45) is 0 Å². The Morgan fingerprint density at radius 2 is 1.94 bits per heavy atom. The number of nitrogens with zero attached hydrogens (tertiary/aromatic N) is 6. The van der Waals surface area contributed by atoms with Gasteiger partial charge in [-0.15, -0.1) is 12.4 Å². The van der Waals surface area contributed by atoms with Gasteiger partial charge in [0.05, 0.1) is 11.9 Å². The standard InChI is InChI=1S/C19H20N8OS2.ClH/c1-26(13-4-11-2-3-12(5-13)23-11)18-24-16-17(29-18)25-19(30-16)27-9-20-14(6-15(27)28)10-7-21-22-8-10;/h6-9,11-13,23H,2-5H2,1H3,(H,21,22);1H/t11-,12+,13?;. The molecule has 2 aliphatic heterocycles. The van der Waals surface area contributed by atoms with Gasteiger partial charge in [-0.3, -0.25) is 9.89 Å². The third-order valence-electron chi connectivity index (χ3n) is 6.06. The summed E-state index contributed by atoms with van der Waals surface area (Å²) in [5.74, 6) is 0. The van der Waals surface area contributed by atoms with Crippen molar-refractivity contribution in [1.29, 1.82) is 0 Å². The maximum atomic E-state index is 12.6. The van der Waals surface area contributed by atoms with Crippen molar-refractivity contribution in [1.82, 2.24) is 35.0 Å². The van der Waals surface area contributed by atoms with E-state index in [1.54, 1.807) is 23.7 Å². The molecule has 12 heteroatoms. The summed E-state index contributed by atoms with van der Waals surface area (Å²) >= 11 is 3.01. The van der Waals surface area contributed by atoms with Crippen molar-refractivity contribution < 1.29 is 0 Å². The molecule has 0 saturated carbocycles. The van der Waals surface area contributed by atoms with Crippen LogP contribution in [0.25, 0.3) is 26.0 Å². The minimum Gasteiger partial charge on any atom is -0.348 e. The predicted molar refractivity (Wildman–Crippen MR) is 125 cm³/mol. The molecule has 1 unspecified atom stereocenters. The molecule has 0 aromatic carbocycles. The molecule has 2 aliphatic rings. The maximum Gasteiger partial charge on any atom is 0.260 e. The Hall–Kier alpha value is -2.34. The van der Waals surface area contributed by atoms with Crippen LogP contribution in [0.15, 0.2) is 29.6 Å². The van der Waals surface area contributed by atoms with Gasteiger partial charge >= 0.3 is 0 Å². The Labute approximate surface area is 192 Å². The first-order valence-corrected chi connectivity index (χ1v) is 11.6. The van der Waals surface area contributed by atoms with E-state index < -0.39 is 0 Å². The Bertz CT molecular complexity index is 1220. The zero-order chi connectivity index (χ0) is 20.2. The molecule has 9 nitrogen and oxygen atoms in total. The topological polar surface area (TPSA) is 105 Å². The average Bonchev–Trinajstić information content (AvgIpc) is 3.51. The van der Waals surface area contributed by atoms with Crippen molar-refractivity contribution in [2.75, 3.05) is 11.9 Å². The van der Waals surface area contributed by atoms with Gasteiger partial charge in [0.2, 0.25) is 5.13 Å². The van der Waals surface area contributed by atoms with Gasteiger partial charge in [0.15, 0.2) is 14.8 Å². The van der Waals surface area contributed by atoms with E-state index in [0.717, 1.165) is 20.4 Å². The van der Waals surface area contributed by atoms with Gasteiger partial charge < -0.3 is 10.2 Å². The second-order valence-electron chi connectivity index (χ2n) is 7.95. The molecule has 162 valence electrons. The smallest absolute Gasteiger partial charge is 0.260 e. The van der Waals surface area contributed by atoms with Crippen molar-refractivity contribution in [2.45, 2.75) is 43.8 Å². The maximum absolute atomic E-state index is 12.6. The number of aromatic amines is 1. The lowest BCUT2D eigenvalue weighted by Gasteiger charge is -2.35. The van der Waals surface area contributed by atoms with Crippen LogP contribution in [-0.4, -0.2) is 54.9 Å². The average molecular weight is 477 g/mol. The van der Waals surface area contributed by atoms with Crippen LogP contribution >= 0.6 is 35.1 Å². The van der Waals surface area contributed by atoms with Crippen molar-refractivity contribution >= 4 is 49.9 Å². The molecule has 4 aromatic heterocycles. The summed E-state index contributed by atoms with van der Waals surface area (Å²) in [5.41, 5.74) is 1.19. The molecule has 31 heavy (non-hydrogen) atoms. The lowest BCUT2D eigenvalue weighted by molar-refractivity contribution is 0.354. The Morgan fingerprint density at radius 1 is 1.16 bits per heavy atom. The minimum absolute atomic E-state index is 0. The molecule has 0 aliphatic carbocycles. The van der Waals surface area contributed by atoms with Crippen molar-refractivity contribution in [3.63, 3.8) is 0 Å². The zero-order valence-corrected chi connectivity index (χ0v) is 19.1. The van der Waals surface area contributed by atoms with Crippen molar-refractivity contribution in [3.05, 3.63) is 35.1 Å². The lowest BCUT2D eigenvalue weighted by Crippen LogP contribution is -2.47. The van der Waals surface area contributed by atoms with Gasteiger partial charge in [-0.2, -0.15) is 5.10 Å². The number of H-pyrrole nitrogens is 1. The molecule has 4 aromatic rings. The summed E-state index contributed by atoms with van der Waals surface area (Å²) in [7, 11) is 2.14. The highest BCUT2D eigenvalue weighted by Crippen LogP contribution is 2.36. The normalized spacial score (nSPS) is 22.5. The first-order chi connectivity index (χ1) is 14.6. The Balaban J connectivity index is 0.00000204. The minimum atomic E-state index is -0.176. The molecule has 2 bridgehead atoms. The van der Waals surface area contributed by atoms with E-state index in [9.17, 15) is 4.79 Å². The van der Waals surface area contributed by atoms with E-state index in [0.29, 0.717) is 29.0 Å². The van der Waals surface area contributed by atoms with Crippen LogP contribution in [0.4, 0.5) is 5.13 Å². The SMILES string of the molecule is CN(c1nc2sc(-n3cnc(-c4cn[nH]c4)cc3=O)nc2s1)C1C[C@H]2CC[C@@H](C1)N2.Cl. The third kappa shape index (κ3) is 3.65. The number of piperidine rings is 1. The number of rotatable bonds is 4. The van der Waals surface area contributed by atoms with Crippen LogP contribution in [0.5, 0.6) is 0 Å². The first-order valence-electron chi connectivity index (χ1n) is 9.98. The molecule has 0 radical (unpaired) electrons. The number of hydrogen-bond donors (Lipinski definition) is 2. The highest BCUT2D eigenvalue weighted by molar-refractivity contribution is 7.29. The van der Waals surface area contributed by atoms with E-state index in [-0.39, 0.29) is 18.0 Å². The summed E-state index contributed by atoms with van der Waals surface area (Å²) in [6.07, 6.45) is 9.78. The summed E-state index contributed by atoms with van der Waals surface area (Å²) in [5, 5.41) is 11.9. The molecule has 0 spiro atoms. The first kappa shape index (κ1) is 20.6. The molecule has 0 amide bonds. The molecular formula is C19H21ClN8OS2. The summed E-state index contributed by atoms with van der Waals surface area (Å²) in [6, 6.07) is 3.31. The third-order valence-corrected chi connectivity index (χ3v) is 8.18. The van der Waals surface area contributed by atoms with Gasteiger partial charge in [0.1, 0.15) is 6.33 Å². The van der Waals surface area contributed by atoms with E-state index in [4.69, 9.17) is 4.98 Å². The van der Waals surface area contributed by atoms with Crippen LogP contribution < -0.4 is 15.8 Å². The number of thiazole rings is 2. The van der Waals surface area contributed by atoms with Crippen LogP contribution in [0.3, 0.4) is 0 Å². The Morgan fingerprint density at radius 3 is 2.61 bits per heavy atom.